The second-order valence-corrected chi connectivity index (χ2v) is 8.04. The predicted molar refractivity (Wildman–Crippen MR) is 106 cm³/mol. The summed E-state index contributed by atoms with van der Waals surface area (Å²) in [7, 11) is -4.26. The van der Waals surface area contributed by atoms with Gasteiger partial charge in [0.25, 0.3) is 5.69 Å². The van der Waals surface area contributed by atoms with Crippen molar-refractivity contribution in [2.45, 2.75) is 4.90 Å². The number of hydrogen-bond donors (Lipinski definition) is 1. The molecule has 1 heterocycles. The fourth-order valence-electron chi connectivity index (χ4n) is 2.63. The average Bonchev–Trinajstić information content (AvgIpc) is 3.10. The molecule has 1 N–H and O–H groups in total. The van der Waals surface area contributed by atoms with Gasteiger partial charge in [0.1, 0.15) is 33.1 Å². The summed E-state index contributed by atoms with van der Waals surface area (Å²) in [6.07, 6.45) is 0. The minimum atomic E-state index is -4.26. The van der Waals surface area contributed by atoms with E-state index in [2.05, 4.69) is 10.2 Å². The van der Waals surface area contributed by atoms with Crippen LogP contribution in [-0.4, -0.2) is 33.4 Å². The van der Waals surface area contributed by atoms with E-state index in [0.717, 1.165) is 30.3 Å². The Kier molecular flexibility index (Phi) is 4.76. The third-order valence-corrected chi connectivity index (χ3v) is 5.54. The van der Waals surface area contributed by atoms with Crippen molar-refractivity contribution >= 4 is 38.4 Å². The van der Waals surface area contributed by atoms with Crippen molar-refractivity contribution in [3.05, 3.63) is 75.8 Å². The lowest BCUT2D eigenvalue weighted by Crippen LogP contribution is -2.10. The molecule has 4 aromatic rings. The second-order valence-electron chi connectivity index (χ2n) is 6.06. The highest BCUT2D eigenvalue weighted by Gasteiger charge is 2.19. The minimum Gasteiger partial charge on any atom is -0.505 e. The van der Waals surface area contributed by atoms with E-state index in [0.29, 0.717) is 16.1 Å². The second kappa shape index (κ2) is 7.28. The Morgan fingerprint density at radius 2 is 1.70 bits per heavy atom. The van der Waals surface area contributed by atoms with Crippen molar-refractivity contribution in [2.24, 2.45) is 0 Å². The zero-order chi connectivity index (χ0) is 21.5. The smallest absolute Gasteiger partial charge is 0.339 e. The van der Waals surface area contributed by atoms with E-state index in [4.69, 9.17) is 15.8 Å². The van der Waals surface area contributed by atoms with Crippen LogP contribution in [0.15, 0.2) is 65.6 Å². The van der Waals surface area contributed by atoms with Gasteiger partial charge in [-0.3, -0.25) is 10.1 Å². The molecule has 0 amide bonds. The number of fused-ring (bicyclic) bond motifs is 1. The molecule has 0 unspecified atom stereocenters. The molecule has 0 atom stereocenters. The van der Waals surface area contributed by atoms with Crippen LogP contribution in [0.5, 0.6) is 11.5 Å². The zero-order valence-corrected chi connectivity index (χ0v) is 16.4. The van der Waals surface area contributed by atoms with Gasteiger partial charge in [0.05, 0.1) is 4.92 Å². The van der Waals surface area contributed by atoms with Gasteiger partial charge >= 0.3 is 10.1 Å². The Labute approximate surface area is 174 Å². The molecular weight excluding hydrogens is 436 g/mol. The van der Waals surface area contributed by atoms with E-state index in [1.807, 2.05) is 0 Å². The molecule has 0 spiro atoms. The number of rotatable bonds is 5. The fraction of sp³-hybridized carbons (Fsp3) is 0. The molecule has 0 saturated carbocycles. The van der Waals surface area contributed by atoms with Gasteiger partial charge in [-0.05, 0) is 42.5 Å². The molecule has 4 rings (SSSR count). The highest BCUT2D eigenvalue weighted by Crippen LogP contribution is 2.29. The largest absolute Gasteiger partial charge is 0.505 e. The molecule has 10 nitrogen and oxygen atoms in total. The van der Waals surface area contributed by atoms with Gasteiger partial charge in [0.2, 0.25) is 0 Å². The third-order valence-electron chi connectivity index (χ3n) is 4.05. The van der Waals surface area contributed by atoms with E-state index in [1.165, 1.54) is 16.9 Å². The highest BCUT2D eigenvalue weighted by molar-refractivity contribution is 7.87. The summed E-state index contributed by atoms with van der Waals surface area (Å²) in [6, 6.07) is 13.0. The first-order valence-electron chi connectivity index (χ1n) is 8.28. The summed E-state index contributed by atoms with van der Waals surface area (Å²) in [5.74, 6) is -0.479. The molecule has 30 heavy (non-hydrogen) atoms. The van der Waals surface area contributed by atoms with Crippen molar-refractivity contribution in [2.75, 3.05) is 0 Å². The molecule has 0 fully saturated rings. The Morgan fingerprint density at radius 1 is 1.00 bits per heavy atom. The van der Waals surface area contributed by atoms with Crippen LogP contribution in [0.2, 0.25) is 5.02 Å². The Morgan fingerprint density at radius 3 is 2.37 bits per heavy atom. The van der Waals surface area contributed by atoms with Gasteiger partial charge in [-0.25, -0.2) is 0 Å². The number of non-ortho nitro benzene ring substituents is 1. The minimum absolute atomic E-state index is 0.158. The van der Waals surface area contributed by atoms with Crippen molar-refractivity contribution in [1.29, 1.82) is 0 Å². The number of nitro groups is 1. The number of nitrogens with zero attached hydrogens (tertiary/aromatic N) is 4. The average molecular weight is 447 g/mol. The van der Waals surface area contributed by atoms with Crippen LogP contribution in [-0.2, 0) is 10.1 Å². The number of aromatic hydroxyl groups is 1. The Hall–Kier alpha value is -3.70. The fourth-order valence-corrected chi connectivity index (χ4v) is 3.72. The van der Waals surface area contributed by atoms with Crippen LogP contribution >= 0.6 is 11.6 Å². The lowest BCUT2D eigenvalue weighted by atomic mass is 10.3. The van der Waals surface area contributed by atoms with Crippen LogP contribution < -0.4 is 4.18 Å². The number of phenols is 1. The van der Waals surface area contributed by atoms with Crippen molar-refractivity contribution in [1.82, 2.24) is 15.0 Å². The molecule has 0 bridgehead atoms. The van der Waals surface area contributed by atoms with Gasteiger partial charge in [-0.1, -0.05) is 11.6 Å². The quantitative estimate of drug-likeness (QED) is 0.279. The van der Waals surface area contributed by atoms with E-state index in [-0.39, 0.29) is 27.8 Å². The molecule has 1 aromatic heterocycles. The monoisotopic (exact) mass is 446 g/mol. The zero-order valence-electron chi connectivity index (χ0n) is 14.8. The number of aromatic nitrogens is 3. The first-order valence-corrected chi connectivity index (χ1v) is 10.1. The normalized spacial score (nSPS) is 11.5. The maximum atomic E-state index is 12.4. The van der Waals surface area contributed by atoms with Gasteiger partial charge in [0, 0.05) is 23.2 Å². The Bertz CT molecular complexity index is 1390. The maximum absolute atomic E-state index is 12.4. The summed E-state index contributed by atoms with van der Waals surface area (Å²) in [4.78, 5) is 11.0. The predicted octanol–water partition coefficient (Wildman–Crippen LogP) is 3.46. The summed E-state index contributed by atoms with van der Waals surface area (Å²) >= 11 is 5.93. The molecular formula is C18H11ClN4O6S. The van der Waals surface area contributed by atoms with Crippen LogP contribution in [0.3, 0.4) is 0 Å². The number of halogens is 1. The number of benzene rings is 3. The molecule has 3 aromatic carbocycles. The molecule has 152 valence electrons. The van der Waals surface area contributed by atoms with Crippen molar-refractivity contribution in [3.8, 4) is 17.2 Å². The first kappa shape index (κ1) is 19.6. The van der Waals surface area contributed by atoms with Crippen LogP contribution in [0.25, 0.3) is 16.7 Å². The van der Waals surface area contributed by atoms with Crippen LogP contribution in [0.1, 0.15) is 0 Å². The van der Waals surface area contributed by atoms with E-state index in [9.17, 15) is 23.6 Å². The number of nitro benzene ring substituents is 1. The summed E-state index contributed by atoms with van der Waals surface area (Å²) < 4.78 is 29.8. The van der Waals surface area contributed by atoms with Crippen LogP contribution in [0.4, 0.5) is 5.69 Å². The van der Waals surface area contributed by atoms with Crippen molar-refractivity contribution < 1.29 is 22.6 Å². The SMILES string of the molecule is O=[N+]([O-])c1ccc(S(=O)(=O)Oc2ccc(-n3nc4ccc(Cl)cc4n3)c(O)c2)cc1. The summed E-state index contributed by atoms with van der Waals surface area (Å²) in [5, 5.41) is 29.9. The lowest BCUT2D eigenvalue weighted by Gasteiger charge is -2.09. The summed E-state index contributed by atoms with van der Waals surface area (Å²) in [6.45, 7) is 0. The van der Waals surface area contributed by atoms with E-state index >= 15 is 0 Å². The Balaban J connectivity index is 1.61. The standard InChI is InChI=1S/C18H11ClN4O6S/c19-11-1-7-15-16(9-11)21-22(20-15)17-8-4-13(10-18(17)24)29-30(27,28)14-5-2-12(3-6-14)23(25)26/h1-10,24H. The van der Waals surface area contributed by atoms with Crippen LogP contribution in [0, 0.1) is 10.1 Å². The molecule has 0 saturated heterocycles. The van der Waals surface area contributed by atoms with Gasteiger partial charge in [-0.2, -0.15) is 8.42 Å². The van der Waals surface area contributed by atoms with E-state index in [1.54, 1.807) is 18.2 Å². The highest BCUT2D eigenvalue weighted by atomic mass is 35.5. The molecule has 0 aliphatic heterocycles. The maximum Gasteiger partial charge on any atom is 0.339 e. The molecule has 0 aliphatic rings. The lowest BCUT2D eigenvalue weighted by molar-refractivity contribution is -0.384. The topological polar surface area (TPSA) is 137 Å². The van der Waals surface area contributed by atoms with E-state index < -0.39 is 15.0 Å². The molecule has 0 aliphatic carbocycles. The van der Waals surface area contributed by atoms with Gasteiger partial charge in [0.15, 0.2) is 0 Å². The third kappa shape index (κ3) is 3.75. The number of phenolic OH excluding ortho intramolecular Hbond substituents is 1. The first-order chi connectivity index (χ1) is 14.2. The van der Waals surface area contributed by atoms with Gasteiger partial charge < -0.3 is 9.29 Å². The molecule has 0 radical (unpaired) electrons. The van der Waals surface area contributed by atoms with Gasteiger partial charge in [-0.15, -0.1) is 15.0 Å². The molecule has 12 heteroatoms. The number of hydrogen-bond acceptors (Lipinski definition) is 8. The van der Waals surface area contributed by atoms with Crippen molar-refractivity contribution in [3.63, 3.8) is 0 Å². The summed E-state index contributed by atoms with van der Waals surface area (Å²) in [5.41, 5.74) is 1.02.